The molecule has 0 bridgehead atoms. The molecule has 2 nitrogen and oxygen atoms in total. The third kappa shape index (κ3) is 1.65. The maximum Gasteiger partial charge on any atom is 0.226 e. The van der Waals surface area contributed by atoms with Crippen LogP contribution < -0.4 is 5.32 Å². The predicted octanol–water partition coefficient (Wildman–Crippen LogP) is 1.85. The summed E-state index contributed by atoms with van der Waals surface area (Å²) < 4.78 is 0. The van der Waals surface area contributed by atoms with Gasteiger partial charge in [-0.2, -0.15) is 0 Å². The molecule has 0 aliphatic heterocycles. The number of benzene rings is 1. The summed E-state index contributed by atoms with van der Waals surface area (Å²) in [4.78, 5) is 11.8. The van der Waals surface area contributed by atoms with E-state index >= 15 is 0 Å². The van der Waals surface area contributed by atoms with E-state index in [9.17, 15) is 4.79 Å². The van der Waals surface area contributed by atoms with Crippen LogP contribution in [0.15, 0.2) is 18.2 Å². The van der Waals surface area contributed by atoms with Crippen molar-refractivity contribution in [2.24, 2.45) is 5.41 Å². The van der Waals surface area contributed by atoms with Crippen LogP contribution in [0.5, 0.6) is 0 Å². The van der Waals surface area contributed by atoms with Gasteiger partial charge in [-0.05, 0) is 30.9 Å². The van der Waals surface area contributed by atoms with Crippen LogP contribution in [0.1, 0.15) is 23.6 Å². The Labute approximate surface area is 90.7 Å². The Morgan fingerprint density at radius 2 is 2.00 bits per heavy atom. The molecule has 1 atom stereocenters. The van der Waals surface area contributed by atoms with Gasteiger partial charge in [-0.25, -0.2) is 0 Å². The number of hydrogen-bond acceptors (Lipinski definition) is 1. The number of amides is 1. The molecule has 2 rings (SSSR count). The highest BCUT2D eigenvalue weighted by Crippen LogP contribution is 2.37. The first-order valence-electron chi connectivity index (χ1n) is 5.36. The first-order chi connectivity index (χ1) is 7.05. The molecule has 0 saturated heterocycles. The van der Waals surface area contributed by atoms with E-state index in [1.54, 1.807) is 7.05 Å². The van der Waals surface area contributed by atoms with Crippen molar-refractivity contribution in [2.75, 3.05) is 7.05 Å². The summed E-state index contributed by atoms with van der Waals surface area (Å²) in [5.41, 5.74) is 3.69. The number of carbonyl (C=O) groups excluding carboxylic acids is 1. The lowest BCUT2D eigenvalue weighted by molar-refractivity contribution is -0.129. The molecule has 1 amide bonds. The van der Waals surface area contributed by atoms with Crippen LogP contribution in [-0.4, -0.2) is 13.0 Å². The zero-order chi connectivity index (χ0) is 11.1. The van der Waals surface area contributed by atoms with Crippen molar-refractivity contribution in [2.45, 2.75) is 26.7 Å². The Balaban J connectivity index is 2.32. The van der Waals surface area contributed by atoms with Gasteiger partial charge in [0.2, 0.25) is 5.91 Å². The molecule has 80 valence electrons. The van der Waals surface area contributed by atoms with Crippen LogP contribution in [0.2, 0.25) is 0 Å². The third-order valence-electron chi connectivity index (χ3n) is 3.30. The fourth-order valence-electron chi connectivity index (χ4n) is 2.46. The van der Waals surface area contributed by atoms with Crippen molar-refractivity contribution in [3.63, 3.8) is 0 Å². The molecule has 0 radical (unpaired) electrons. The molecule has 0 heterocycles. The molecule has 1 N–H and O–H groups in total. The summed E-state index contributed by atoms with van der Waals surface area (Å²) in [5, 5.41) is 2.76. The summed E-state index contributed by atoms with van der Waals surface area (Å²) in [6.07, 6.45) is 1.73. The summed E-state index contributed by atoms with van der Waals surface area (Å²) in [6, 6.07) is 6.47. The molecule has 15 heavy (non-hydrogen) atoms. The first kappa shape index (κ1) is 10.2. The molecule has 1 unspecified atom stereocenters. The second kappa shape index (κ2) is 3.37. The lowest BCUT2D eigenvalue weighted by atomic mass is 9.86. The summed E-state index contributed by atoms with van der Waals surface area (Å²) in [7, 11) is 1.71. The molecule has 0 aromatic heterocycles. The largest absolute Gasteiger partial charge is 0.359 e. The second-order valence-electron chi connectivity index (χ2n) is 4.77. The number of hydrogen-bond donors (Lipinski definition) is 1. The Morgan fingerprint density at radius 3 is 2.67 bits per heavy atom. The summed E-state index contributed by atoms with van der Waals surface area (Å²) in [5.74, 6) is 0.149. The fraction of sp³-hybridized carbons (Fsp3) is 0.462. The molecule has 0 fully saturated rings. The average Bonchev–Trinajstić information content (AvgIpc) is 2.53. The summed E-state index contributed by atoms with van der Waals surface area (Å²) in [6.45, 7) is 4.14. The minimum absolute atomic E-state index is 0.149. The highest BCUT2D eigenvalue weighted by atomic mass is 16.2. The van der Waals surface area contributed by atoms with E-state index in [-0.39, 0.29) is 11.3 Å². The van der Waals surface area contributed by atoms with Crippen molar-refractivity contribution >= 4 is 5.91 Å². The van der Waals surface area contributed by atoms with Crippen molar-refractivity contribution in [3.05, 3.63) is 34.9 Å². The Kier molecular flexibility index (Phi) is 2.29. The van der Waals surface area contributed by atoms with Gasteiger partial charge in [-0.15, -0.1) is 0 Å². The topological polar surface area (TPSA) is 29.1 Å². The Hall–Kier alpha value is -1.31. The molecule has 0 saturated carbocycles. The van der Waals surface area contributed by atoms with Gasteiger partial charge < -0.3 is 5.32 Å². The quantitative estimate of drug-likeness (QED) is 0.741. The zero-order valence-corrected chi connectivity index (χ0v) is 9.55. The lowest BCUT2D eigenvalue weighted by Crippen LogP contribution is -2.37. The van der Waals surface area contributed by atoms with Gasteiger partial charge in [0.05, 0.1) is 5.41 Å². The van der Waals surface area contributed by atoms with Gasteiger partial charge in [0, 0.05) is 7.05 Å². The third-order valence-corrected chi connectivity index (χ3v) is 3.30. The highest BCUT2D eigenvalue weighted by Gasteiger charge is 2.38. The second-order valence-corrected chi connectivity index (χ2v) is 4.77. The van der Waals surface area contributed by atoms with E-state index in [1.165, 1.54) is 16.7 Å². The summed E-state index contributed by atoms with van der Waals surface area (Å²) >= 11 is 0. The highest BCUT2D eigenvalue weighted by molar-refractivity contribution is 5.83. The van der Waals surface area contributed by atoms with Crippen LogP contribution >= 0.6 is 0 Å². The SMILES string of the molecule is CNC(=O)C1(C)Cc2ccc(C)cc2C1. The lowest BCUT2D eigenvalue weighted by Gasteiger charge is -2.20. The molecular weight excluding hydrogens is 186 g/mol. The molecule has 1 aliphatic rings. The fourth-order valence-corrected chi connectivity index (χ4v) is 2.46. The van der Waals surface area contributed by atoms with Gasteiger partial charge >= 0.3 is 0 Å². The molecule has 1 aromatic rings. The van der Waals surface area contributed by atoms with E-state index in [4.69, 9.17) is 0 Å². The number of aryl methyl sites for hydroxylation is 1. The smallest absolute Gasteiger partial charge is 0.226 e. The normalized spacial score (nSPS) is 23.7. The van der Waals surface area contributed by atoms with Gasteiger partial charge in [0.1, 0.15) is 0 Å². The van der Waals surface area contributed by atoms with E-state index < -0.39 is 0 Å². The van der Waals surface area contributed by atoms with Crippen LogP contribution in [-0.2, 0) is 17.6 Å². The van der Waals surface area contributed by atoms with Gasteiger partial charge in [0.25, 0.3) is 0 Å². The van der Waals surface area contributed by atoms with E-state index in [0.717, 1.165) is 12.8 Å². The number of fused-ring (bicyclic) bond motifs is 1. The van der Waals surface area contributed by atoms with Gasteiger partial charge in [-0.1, -0.05) is 30.7 Å². The standard InChI is InChI=1S/C13H17NO/c1-9-4-5-10-7-13(2,12(15)14-3)8-11(10)6-9/h4-6H,7-8H2,1-3H3,(H,14,15). The first-order valence-corrected chi connectivity index (χ1v) is 5.36. The van der Waals surface area contributed by atoms with E-state index in [2.05, 4.69) is 30.4 Å². The van der Waals surface area contributed by atoms with Crippen molar-refractivity contribution in [1.82, 2.24) is 5.32 Å². The molecule has 0 spiro atoms. The number of carbonyl (C=O) groups is 1. The molecule has 1 aliphatic carbocycles. The van der Waals surface area contributed by atoms with Crippen LogP contribution in [0.3, 0.4) is 0 Å². The van der Waals surface area contributed by atoms with Crippen molar-refractivity contribution in [3.8, 4) is 0 Å². The monoisotopic (exact) mass is 203 g/mol. The van der Waals surface area contributed by atoms with Crippen LogP contribution in [0.4, 0.5) is 0 Å². The number of rotatable bonds is 1. The number of nitrogens with one attached hydrogen (secondary N) is 1. The van der Waals surface area contributed by atoms with Crippen LogP contribution in [0, 0.1) is 12.3 Å². The van der Waals surface area contributed by atoms with E-state index in [0.29, 0.717) is 0 Å². The average molecular weight is 203 g/mol. The minimum atomic E-state index is -0.245. The Morgan fingerprint density at radius 1 is 1.33 bits per heavy atom. The van der Waals surface area contributed by atoms with Crippen molar-refractivity contribution in [1.29, 1.82) is 0 Å². The zero-order valence-electron chi connectivity index (χ0n) is 9.55. The molecule has 1 aromatic carbocycles. The van der Waals surface area contributed by atoms with Gasteiger partial charge in [-0.3, -0.25) is 4.79 Å². The Bertz CT molecular complexity index is 411. The van der Waals surface area contributed by atoms with Crippen molar-refractivity contribution < 1.29 is 4.79 Å². The molecule has 2 heteroatoms. The maximum atomic E-state index is 11.8. The van der Waals surface area contributed by atoms with Gasteiger partial charge in [0.15, 0.2) is 0 Å². The predicted molar refractivity (Wildman–Crippen MR) is 60.8 cm³/mol. The maximum absolute atomic E-state index is 11.8. The van der Waals surface area contributed by atoms with E-state index in [1.807, 2.05) is 6.92 Å². The minimum Gasteiger partial charge on any atom is -0.359 e. The van der Waals surface area contributed by atoms with Crippen LogP contribution in [0.25, 0.3) is 0 Å². The molecular formula is C13H17NO.